The van der Waals surface area contributed by atoms with Crippen LogP contribution in [0.3, 0.4) is 0 Å². The van der Waals surface area contributed by atoms with E-state index in [0.29, 0.717) is 11.0 Å². The predicted molar refractivity (Wildman–Crippen MR) is 114 cm³/mol. The Morgan fingerprint density at radius 3 is 2.38 bits per heavy atom. The number of aromatic carboxylic acids is 1. The van der Waals surface area contributed by atoms with Crippen LogP contribution < -0.4 is 4.68 Å². The maximum atomic E-state index is 12.0. The van der Waals surface area contributed by atoms with Crippen molar-refractivity contribution in [2.24, 2.45) is 7.05 Å². The van der Waals surface area contributed by atoms with Crippen molar-refractivity contribution < 1.29 is 14.6 Å². The molecule has 0 aliphatic rings. The van der Waals surface area contributed by atoms with E-state index in [9.17, 15) is 9.90 Å². The number of carboxylic acids is 1. The van der Waals surface area contributed by atoms with Gasteiger partial charge in [0, 0.05) is 11.2 Å². The Morgan fingerprint density at radius 2 is 1.72 bits per heavy atom. The van der Waals surface area contributed by atoms with Gasteiger partial charge in [-0.05, 0) is 52.0 Å². The standard InChI is InChI=1S/C24H23N3O2/c1-4-13-27-23-21(24(28)29)14-19(15-22(23)25-26(27)3)17-9-11-18(12-10-17)20-8-6-5-7-16(20)2/h5-12,14-15H,4,13H2,1-3H3/p+1. The molecular weight excluding hydrogens is 362 g/mol. The maximum Gasteiger partial charge on any atom is 0.340 e. The molecule has 0 amide bonds. The summed E-state index contributed by atoms with van der Waals surface area (Å²) in [7, 11) is 1.85. The van der Waals surface area contributed by atoms with Crippen LogP contribution in [-0.2, 0) is 13.6 Å². The molecule has 4 rings (SSSR count). The van der Waals surface area contributed by atoms with Crippen molar-refractivity contribution in [3.05, 3.63) is 71.8 Å². The minimum atomic E-state index is -0.939. The van der Waals surface area contributed by atoms with E-state index in [1.54, 1.807) is 10.9 Å². The van der Waals surface area contributed by atoms with Gasteiger partial charge in [0.1, 0.15) is 12.1 Å². The Kier molecular flexibility index (Phi) is 4.89. The van der Waals surface area contributed by atoms with Crippen LogP contribution in [0.2, 0.25) is 0 Å². The van der Waals surface area contributed by atoms with E-state index in [0.717, 1.165) is 29.7 Å². The third kappa shape index (κ3) is 3.40. The number of nitrogens with zero attached hydrogens (tertiary/aromatic N) is 3. The van der Waals surface area contributed by atoms with E-state index in [2.05, 4.69) is 43.2 Å². The Morgan fingerprint density at radius 1 is 1.03 bits per heavy atom. The number of benzene rings is 3. The van der Waals surface area contributed by atoms with Crippen LogP contribution in [0.4, 0.5) is 0 Å². The van der Waals surface area contributed by atoms with Crippen LogP contribution in [0.15, 0.2) is 60.7 Å². The molecular formula is C24H24N3O2+. The average molecular weight is 386 g/mol. The summed E-state index contributed by atoms with van der Waals surface area (Å²) in [6, 6.07) is 20.2. The molecule has 0 saturated heterocycles. The van der Waals surface area contributed by atoms with Gasteiger partial charge in [-0.25, -0.2) is 4.79 Å². The molecule has 0 unspecified atom stereocenters. The lowest BCUT2D eigenvalue weighted by Crippen LogP contribution is -2.43. The highest BCUT2D eigenvalue weighted by Crippen LogP contribution is 2.29. The van der Waals surface area contributed by atoms with Gasteiger partial charge in [-0.2, -0.15) is 4.68 Å². The summed E-state index contributed by atoms with van der Waals surface area (Å²) in [4.78, 5) is 13.7. The molecule has 146 valence electrons. The Balaban J connectivity index is 1.82. The minimum Gasteiger partial charge on any atom is -0.478 e. The molecule has 5 nitrogen and oxygen atoms in total. The molecule has 5 heteroatoms. The normalized spacial score (nSPS) is 11.1. The van der Waals surface area contributed by atoms with Crippen molar-refractivity contribution in [2.75, 3.05) is 0 Å². The lowest BCUT2D eigenvalue weighted by molar-refractivity contribution is -0.755. The lowest BCUT2D eigenvalue weighted by atomic mass is 9.96. The summed E-state index contributed by atoms with van der Waals surface area (Å²) < 4.78 is 1.92. The minimum absolute atomic E-state index is 0.280. The first-order valence-electron chi connectivity index (χ1n) is 9.80. The summed E-state index contributed by atoms with van der Waals surface area (Å²) in [5, 5.41) is 14.4. The number of hydrogen-bond donors (Lipinski definition) is 1. The molecule has 0 radical (unpaired) electrons. The zero-order valence-corrected chi connectivity index (χ0v) is 16.9. The molecule has 3 aromatic carbocycles. The molecule has 29 heavy (non-hydrogen) atoms. The van der Waals surface area contributed by atoms with Crippen LogP contribution in [0.25, 0.3) is 33.3 Å². The molecule has 0 fully saturated rings. The summed E-state index contributed by atoms with van der Waals surface area (Å²) in [6.07, 6.45) is 0.903. The van der Waals surface area contributed by atoms with Crippen molar-refractivity contribution in [2.45, 2.75) is 26.8 Å². The van der Waals surface area contributed by atoms with E-state index in [1.165, 1.54) is 11.1 Å². The fourth-order valence-electron chi connectivity index (χ4n) is 3.86. The number of aromatic nitrogens is 3. The summed E-state index contributed by atoms with van der Waals surface area (Å²) in [5.74, 6) is -0.939. The molecule has 0 spiro atoms. The molecule has 1 heterocycles. The Labute approximate surface area is 169 Å². The fraction of sp³-hybridized carbons (Fsp3) is 0.208. The van der Waals surface area contributed by atoms with Gasteiger partial charge in [0.2, 0.25) is 5.52 Å². The second-order valence-corrected chi connectivity index (χ2v) is 7.30. The van der Waals surface area contributed by atoms with Crippen LogP contribution in [0.5, 0.6) is 0 Å². The van der Waals surface area contributed by atoms with Gasteiger partial charge < -0.3 is 5.11 Å². The highest BCUT2D eigenvalue weighted by atomic mass is 16.4. The average Bonchev–Trinajstić information content (AvgIpc) is 3.03. The van der Waals surface area contributed by atoms with Gasteiger partial charge in [0.15, 0.2) is 0 Å². The van der Waals surface area contributed by atoms with Crippen LogP contribution in [0.1, 0.15) is 29.3 Å². The first-order valence-corrected chi connectivity index (χ1v) is 9.80. The second kappa shape index (κ2) is 7.51. The molecule has 1 aromatic heterocycles. The van der Waals surface area contributed by atoms with E-state index < -0.39 is 5.97 Å². The number of hydrogen-bond acceptors (Lipinski definition) is 2. The third-order valence-electron chi connectivity index (χ3n) is 5.29. The fourth-order valence-corrected chi connectivity index (χ4v) is 3.86. The zero-order valence-electron chi connectivity index (χ0n) is 16.9. The predicted octanol–water partition coefficient (Wildman–Crippen LogP) is 4.61. The maximum absolute atomic E-state index is 12.0. The van der Waals surface area contributed by atoms with Gasteiger partial charge in [-0.15, -0.1) is 0 Å². The monoisotopic (exact) mass is 386 g/mol. The second-order valence-electron chi connectivity index (χ2n) is 7.30. The number of carboxylic acid groups (broad SMARTS) is 1. The number of fused-ring (bicyclic) bond motifs is 1. The van der Waals surface area contributed by atoms with E-state index in [4.69, 9.17) is 0 Å². The van der Waals surface area contributed by atoms with Crippen LogP contribution >= 0.6 is 0 Å². The quantitative estimate of drug-likeness (QED) is 0.510. The lowest BCUT2D eigenvalue weighted by Gasteiger charge is -2.08. The molecule has 0 atom stereocenters. The largest absolute Gasteiger partial charge is 0.478 e. The molecule has 0 saturated carbocycles. The molecule has 0 bridgehead atoms. The molecule has 0 aliphatic heterocycles. The van der Waals surface area contributed by atoms with Gasteiger partial charge in [-0.1, -0.05) is 55.5 Å². The number of carbonyl (C=O) groups is 1. The van der Waals surface area contributed by atoms with Crippen molar-refractivity contribution in [1.82, 2.24) is 9.90 Å². The van der Waals surface area contributed by atoms with Gasteiger partial charge in [-0.3, -0.25) is 0 Å². The van der Waals surface area contributed by atoms with Crippen molar-refractivity contribution in [3.63, 3.8) is 0 Å². The SMILES string of the molecule is CCC[n+]1c2c(C(=O)O)cc(-c3ccc(-c4ccccc4C)cc3)cc2nn1C. The van der Waals surface area contributed by atoms with Gasteiger partial charge in [0.05, 0.1) is 7.05 Å². The van der Waals surface area contributed by atoms with Crippen molar-refractivity contribution in [1.29, 1.82) is 0 Å². The zero-order chi connectivity index (χ0) is 20.5. The number of rotatable bonds is 5. The first kappa shape index (κ1) is 18.9. The van der Waals surface area contributed by atoms with Crippen molar-refractivity contribution >= 4 is 17.0 Å². The van der Waals surface area contributed by atoms with Crippen LogP contribution in [-0.4, -0.2) is 21.0 Å². The van der Waals surface area contributed by atoms with E-state index in [1.807, 2.05) is 42.1 Å². The summed E-state index contributed by atoms with van der Waals surface area (Å²) in [5.41, 5.74) is 7.04. The highest BCUT2D eigenvalue weighted by Gasteiger charge is 2.24. The Bertz CT molecular complexity index is 1210. The van der Waals surface area contributed by atoms with Crippen LogP contribution in [0, 0.1) is 6.92 Å². The summed E-state index contributed by atoms with van der Waals surface area (Å²) >= 11 is 0. The Hall–Kier alpha value is -3.47. The molecule has 1 N–H and O–H groups in total. The highest BCUT2D eigenvalue weighted by molar-refractivity contribution is 6.01. The van der Waals surface area contributed by atoms with E-state index in [-0.39, 0.29) is 5.56 Å². The van der Waals surface area contributed by atoms with Gasteiger partial charge >= 0.3 is 5.97 Å². The topological polar surface area (TPSA) is 59.0 Å². The summed E-state index contributed by atoms with van der Waals surface area (Å²) in [6.45, 7) is 4.89. The van der Waals surface area contributed by atoms with Gasteiger partial charge in [0.25, 0.3) is 5.52 Å². The first-order chi connectivity index (χ1) is 14.0. The van der Waals surface area contributed by atoms with Crippen molar-refractivity contribution in [3.8, 4) is 22.3 Å². The molecule has 4 aromatic rings. The smallest absolute Gasteiger partial charge is 0.340 e. The van der Waals surface area contributed by atoms with E-state index >= 15 is 0 Å². The third-order valence-corrected chi connectivity index (χ3v) is 5.29. The molecule has 0 aliphatic carbocycles. The number of aryl methyl sites for hydroxylation is 3.